The Bertz CT molecular complexity index is 618. The van der Waals surface area contributed by atoms with Gasteiger partial charge in [0.15, 0.2) is 0 Å². The zero-order valence-electron chi connectivity index (χ0n) is 11.5. The summed E-state index contributed by atoms with van der Waals surface area (Å²) < 4.78 is 31.1. The molecule has 0 radical (unpaired) electrons. The van der Waals surface area contributed by atoms with Gasteiger partial charge in [-0.15, -0.1) is 0 Å². The number of aliphatic hydroxyl groups excluding tert-OH is 1. The minimum absolute atomic E-state index is 0.0410. The molecule has 0 fully saturated rings. The van der Waals surface area contributed by atoms with E-state index in [-0.39, 0.29) is 22.0 Å². The molecule has 0 aliphatic carbocycles. The van der Waals surface area contributed by atoms with E-state index in [0.29, 0.717) is 0 Å². The molecule has 0 spiro atoms. The molecule has 7 nitrogen and oxygen atoms in total. The second kappa shape index (κ2) is 7.19. The summed E-state index contributed by atoms with van der Waals surface area (Å²) in [5.74, 6) is -0.677. The van der Waals surface area contributed by atoms with Crippen LogP contribution >= 0.6 is 11.6 Å². The first-order valence-corrected chi connectivity index (χ1v) is 7.86. The maximum atomic E-state index is 12.2. The predicted octanol–water partition coefficient (Wildman–Crippen LogP) is 0.113. The number of esters is 1. The second-order valence-electron chi connectivity index (χ2n) is 4.39. The normalized spacial score (nSPS) is 14.5. The number of halogens is 1. The van der Waals surface area contributed by atoms with Gasteiger partial charge in [-0.3, -0.25) is 0 Å². The van der Waals surface area contributed by atoms with Crippen molar-refractivity contribution in [3.63, 3.8) is 0 Å². The van der Waals surface area contributed by atoms with Crippen LogP contribution in [0.1, 0.15) is 17.3 Å². The average Bonchev–Trinajstić information content (AvgIpc) is 2.44. The summed E-state index contributed by atoms with van der Waals surface area (Å²) in [6.07, 6.45) is -0.871. The molecule has 118 valence electrons. The topological polar surface area (TPSA) is 119 Å². The van der Waals surface area contributed by atoms with Gasteiger partial charge < -0.3 is 15.6 Å². The summed E-state index contributed by atoms with van der Waals surface area (Å²) in [7, 11) is -2.78. The highest BCUT2D eigenvalue weighted by atomic mass is 35.5. The highest BCUT2D eigenvalue weighted by Crippen LogP contribution is 2.23. The lowest BCUT2D eigenvalue weighted by atomic mass is 10.2. The fraction of sp³-hybridized carbons (Fsp3) is 0.417. The van der Waals surface area contributed by atoms with Crippen molar-refractivity contribution in [2.24, 2.45) is 5.73 Å². The van der Waals surface area contributed by atoms with E-state index in [4.69, 9.17) is 17.3 Å². The van der Waals surface area contributed by atoms with Gasteiger partial charge in [-0.05, 0) is 25.1 Å². The predicted molar refractivity (Wildman–Crippen MR) is 77.6 cm³/mol. The fourth-order valence-electron chi connectivity index (χ4n) is 1.41. The van der Waals surface area contributed by atoms with Crippen molar-refractivity contribution < 1.29 is 23.1 Å². The molecule has 0 aromatic heterocycles. The van der Waals surface area contributed by atoms with Crippen molar-refractivity contribution in [1.82, 2.24) is 4.72 Å². The van der Waals surface area contributed by atoms with Crippen LogP contribution in [0.3, 0.4) is 0 Å². The molecule has 2 atom stereocenters. The molecule has 0 aliphatic rings. The molecular weight excluding hydrogens is 320 g/mol. The lowest BCUT2D eigenvalue weighted by Gasteiger charge is -2.16. The van der Waals surface area contributed by atoms with E-state index in [2.05, 4.69) is 9.46 Å². The van der Waals surface area contributed by atoms with Crippen molar-refractivity contribution >= 4 is 27.6 Å². The van der Waals surface area contributed by atoms with Crippen molar-refractivity contribution in [3.8, 4) is 0 Å². The number of hydrogen-bond acceptors (Lipinski definition) is 6. The van der Waals surface area contributed by atoms with Gasteiger partial charge in [0.1, 0.15) is 4.90 Å². The Balaban J connectivity index is 3.05. The Hall–Kier alpha value is -1.19. The van der Waals surface area contributed by atoms with Gasteiger partial charge in [-0.2, -0.15) is 0 Å². The number of sulfonamides is 1. The molecule has 1 aromatic carbocycles. The molecule has 0 heterocycles. The molecule has 0 amide bonds. The number of rotatable bonds is 6. The maximum absolute atomic E-state index is 12.2. The minimum Gasteiger partial charge on any atom is -0.465 e. The Kier molecular flexibility index (Phi) is 6.11. The number of aliphatic hydroxyl groups is 1. The summed E-state index contributed by atoms with van der Waals surface area (Å²) in [5.41, 5.74) is 5.61. The van der Waals surface area contributed by atoms with Crippen molar-refractivity contribution in [3.05, 3.63) is 28.8 Å². The van der Waals surface area contributed by atoms with Gasteiger partial charge in [0.05, 0.1) is 23.8 Å². The Morgan fingerprint density at radius 1 is 1.52 bits per heavy atom. The summed E-state index contributed by atoms with van der Waals surface area (Å²) >= 11 is 5.85. The molecule has 1 aromatic rings. The molecule has 1 rings (SSSR count). The first kappa shape index (κ1) is 17.9. The van der Waals surface area contributed by atoms with Crippen molar-refractivity contribution in [2.45, 2.75) is 24.0 Å². The van der Waals surface area contributed by atoms with Crippen LogP contribution in [0, 0.1) is 0 Å². The van der Waals surface area contributed by atoms with E-state index < -0.39 is 28.1 Å². The van der Waals surface area contributed by atoms with Gasteiger partial charge in [0.25, 0.3) is 0 Å². The number of carbonyl (C=O) groups excluding carboxylic acids is 1. The lowest BCUT2D eigenvalue weighted by Crippen LogP contribution is -2.43. The number of nitrogens with two attached hydrogens (primary N) is 1. The maximum Gasteiger partial charge on any atom is 0.337 e. The SMILES string of the molecule is COC(=O)c1ccc(Cl)c(S(=O)(=O)NCC(N)C(C)O)c1. The minimum atomic E-state index is -3.96. The monoisotopic (exact) mass is 336 g/mol. The zero-order chi connectivity index (χ0) is 16.2. The molecular formula is C12H17ClN2O5S. The lowest BCUT2D eigenvalue weighted by molar-refractivity contribution is 0.0600. The molecule has 9 heteroatoms. The highest BCUT2D eigenvalue weighted by Gasteiger charge is 2.22. The third-order valence-corrected chi connectivity index (χ3v) is 4.68. The van der Waals surface area contributed by atoms with Crippen LogP contribution in [-0.2, 0) is 14.8 Å². The summed E-state index contributed by atoms with van der Waals surface area (Å²) in [6, 6.07) is 3.00. The van der Waals surface area contributed by atoms with Crippen molar-refractivity contribution in [1.29, 1.82) is 0 Å². The van der Waals surface area contributed by atoms with Gasteiger partial charge in [-0.1, -0.05) is 11.6 Å². The van der Waals surface area contributed by atoms with E-state index in [9.17, 15) is 18.3 Å². The molecule has 4 N–H and O–H groups in total. The van der Waals surface area contributed by atoms with E-state index >= 15 is 0 Å². The number of ether oxygens (including phenoxy) is 1. The van der Waals surface area contributed by atoms with Crippen LogP contribution in [0.4, 0.5) is 0 Å². The number of nitrogens with one attached hydrogen (secondary N) is 1. The Labute approximate surface area is 128 Å². The number of benzene rings is 1. The van der Waals surface area contributed by atoms with Gasteiger partial charge in [-0.25, -0.2) is 17.9 Å². The second-order valence-corrected chi connectivity index (χ2v) is 6.54. The fourth-order valence-corrected chi connectivity index (χ4v) is 3.00. The Morgan fingerprint density at radius 3 is 2.67 bits per heavy atom. The van der Waals surface area contributed by atoms with Gasteiger partial charge in [0, 0.05) is 12.6 Å². The van der Waals surface area contributed by atoms with Crippen LogP contribution in [0.15, 0.2) is 23.1 Å². The molecule has 21 heavy (non-hydrogen) atoms. The molecule has 0 bridgehead atoms. The Morgan fingerprint density at radius 2 is 2.14 bits per heavy atom. The van der Waals surface area contributed by atoms with E-state index in [0.717, 1.165) is 6.07 Å². The number of methoxy groups -OCH3 is 1. The molecule has 2 unspecified atom stereocenters. The van der Waals surface area contributed by atoms with Crippen LogP contribution in [0.25, 0.3) is 0 Å². The smallest absolute Gasteiger partial charge is 0.337 e. The highest BCUT2D eigenvalue weighted by molar-refractivity contribution is 7.89. The van der Waals surface area contributed by atoms with Crippen molar-refractivity contribution in [2.75, 3.05) is 13.7 Å². The number of carbonyl (C=O) groups is 1. The molecule has 0 aliphatic heterocycles. The van der Waals surface area contributed by atoms with E-state index in [1.165, 1.54) is 26.2 Å². The van der Waals surface area contributed by atoms with Gasteiger partial charge >= 0.3 is 5.97 Å². The molecule has 0 saturated heterocycles. The third kappa shape index (κ3) is 4.65. The standard InChI is InChI=1S/C12H17ClN2O5S/c1-7(16)10(14)6-15-21(18,19)11-5-8(12(17)20-2)3-4-9(11)13/h3-5,7,10,15-16H,6,14H2,1-2H3. The van der Waals surface area contributed by atoms with E-state index in [1.54, 1.807) is 0 Å². The average molecular weight is 337 g/mol. The third-order valence-electron chi connectivity index (χ3n) is 2.77. The first-order chi connectivity index (χ1) is 9.69. The largest absolute Gasteiger partial charge is 0.465 e. The van der Waals surface area contributed by atoms with Crippen LogP contribution in [-0.4, -0.2) is 45.3 Å². The first-order valence-electron chi connectivity index (χ1n) is 6.00. The van der Waals surface area contributed by atoms with Gasteiger partial charge in [0.2, 0.25) is 10.0 Å². The summed E-state index contributed by atoms with van der Waals surface area (Å²) in [6.45, 7) is 1.28. The van der Waals surface area contributed by atoms with Crippen LogP contribution in [0.2, 0.25) is 5.02 Å². The quantitative estimate of drug-likeness (QED) is 0.634. The molecule has 0 saturated carbocycles. The van der Waals surface area contributed by atoms with E-state index in [1.807, 2.05) is 0 Å². The number of hydrogen-bond donors (Lipinski definition) is 3. The summed E-state index contributed by atoms with van der Waals surface area (Å²) in [5, 5.41) is 9.20. The summed E-state index contributed by atoms with van der Waals surface area (Å²) in [4.78, 5) is 11.2. The zero-order valence-corrected chi connectivity index (χ0v) is 13.1. The van der Waals surface area contributed by atoms with Crippen LogP contribution in [0.5, 0.6) is 0 Å². The van der Waals surface area contributed by atoms with Crippen LogP contribution < -0.4 is 10.5 Å².